The molecule has 3 aromatic rings. The molecule has 0 aromatic carbocycles. The van der Waals surface area contributed by atoms with Gasteiger partial charge in [0, 0.05) is 23.4 Å². The number of halogens is 1. The standard InChI is InChI=1S/C13H12BrN7/c14-10-6-9(7-15-8-10)11-2-1-5-20(11)13-4-3-12-16-18-19-21(12)17-13/h3-4,6-8,11H,1-2,5H2. The summed E-state index contributed by atoms with van der Waals surface area (Å²) in [6.07, 6.45) is 5.94. The first-order chi connectivity index (χ1) is 10.3. The number of rotatable bonds is 2. The molecule has 1 saturated heterocycles. The van der Waals surface area contributed by atoms with Gasteiger partial charge >= 0.3 is 0 Å². The minimum absolute atomic E-state index is 0.288. The van der Waals surface area contributed by atoms with Gasteiger partial charge in [-0.05, 0) is 63.0 Å². The molecule has 1 atom stereocenters. The highest BCUT2D eigenvalue weighted by atomic mass is 79.9. The largest absolute Gasteiger partial charge is 0.348 e. The SMILES string of the molecule is Brc1cncc(C2CCCN2c2ccc3nnnn3n2)c1. The molecular formula is C13H12BrN7. The van der Waals surface area contributed by atoms with Crippen LogP contribution in [0.2, 0.25) is 0 Å². The molecule has 4 heterocycles. The lowest BCUT2D eigenvalue weighted by Gasteiger charge is -2.25. The zero-order valence-corrected chi connectivity index (χ0v) is 12.7. The van der Waals surface area contributed by atoms with E-state index in [4.69, 9.17) is 0 Å². The van der Waals surface area contributed by atoms with Crippen molar-refractivity contribution in [3.8, 4) is 0 Å². The third-order valence-electron chi connectivity index (χ3n) is 3.71. The molecule has 1 unspecified atom stereocenters. The Morgan fingerprint density at radius 3 is 3.10 bits per heavy atom. The summed E-state index contributed by atoms with van der Waals surface area (Å²) in [4.78, 5) is 6.55. The van der Waals surface area contributed by atoms with E-state index in [1.165, 1.54) is 10.2 Å². The number of fused-ring (bicyclic) bond motifs is 1. The number of hydrogen-bond acceptors (Lipinski definition) is 6. The van der Waals surface area contributed by atoms with Crippen LogP contribution in [0.25, 0.3) is 5.65 Å². The van der Waals surface area contributed by atoms with Crippen molar-refractivity contribution in [2.24, 2.45) is 0 Å². The van der Waals surface area contributed by atoms with Crippen molar-refractivity contribution >= 4 is 27.4 Å². The van der Waals surface area contributed by atoms with E-state index in [-0.39, 0.29) is 6.04 Å². The molecule has 0 N–H and O–H groups in total. The van der Waals surface area contributed by atoms with Gasteiger partial charge < -0.3 is 4.90 Å². The molecule has 4 rings (SSSR count). The Balaban J connectivity index is 1.72. The maximum Gasteiger partial charge on any atom is 0.200 e. The van der Waals surface area contributed by atoms with E-state index in [0.29, 0.717) is 5.65 Å². The van der Waals surface area contributed by atoms with Crippen molar-refractivity contribution < 1.29 is 0 Å². The maximum absolute atomic E-state index is 4.49. The van der Waals surface area contributed by atoms with Crippen LogP contribution in [0.1, 0.15) is 24.4 Å². The highest BCUT2D eigenvalue weighted by molar-refractivity contribution is 9.10. The zero-order chi connectivity index (χ0) is 14.2. The Morgan fingerprint density at radius 1 is 1.24 bits per heavy atom. The van der Waals surface area contributed by atoms with Gasteiger partial charge in [0.05, 0.1) is 6.04 Å². The minimum Gasteiger partial charge on any atom is -0.348 e. The molecular weight excluding hydrogens is 334 g/mol. The first-order valence-corrected chi connectivity index (χ1v) is 7.53. The van der Waals surface area contributed by atoms with E-state index in [9.17, 15) is 0 Å². The molecule has 106 valence electrons. The van der Waals surface area contributed by atoms with E-state index in [2.05, 4.69) is 52.5 Å². The second kappa shape index (κ2) is 5.03. The maximum atomic E-state index is 4.49. The smallest absolute Gasteiger partial charge is 0.200 e. The minimum atomic E-state index is 0.288. The lowest BCUT2D eigenvalue weighted by atomic mass is 10.1. The average molecular weight is 346 g/mol. The predicted molar refractivity (Wildman–Crippen MR) is 79.8 cm³/mol. The molecule has 21 heavy (non-hydrogen) atoms. The number of tetrazole rings is 1. The van der Waals surface area contributed by atoms with E-state index in [1.54, 1.807) is 6.20 Å². The predicted octanol–water partition coefficient (Wildman–Crippen LogP) is 2.02. The Kier molecular flexibility index (Phi) is 3.03. The number of aromatic nitrogens is 6. The van der Waals surface area contributed by atoms with Gasteiger partial charge in [-0.15, -0.1) is 14.8 Å². The molecule has 1 aliphatic heterocycles. The Morgan fingerprint density at radius 2 is 2.19 bits per heavy atom. The molecule has 1 aliphatic rings. The van der Waals surface area contributed by atoms with E-state index >= 15 is 0 Å². The van der Waals surface area contributed by atoms with Crippen LogP contribution in [0, 0.1) is 0 Å². The number of nitrogens with zero attached hydrogens (tertiary/aromatic N) is 7. The van der Waals surface area contributed by atoms with Gasteiger partial charge in [-0.25, -0.2) is 0 Å². The molecule has 8 heteroatoms. The molecule has 1 fully saturated rings. The third kappa shape index (κ3) is 2.25. The molecule has 0 amide bonds. The average Bonchev–Trinajstić information content (AvgIpc) is 3.15. The normalized spacial score (nSPS) is 18.5. The van der Waals surface area contributed by atoms with E-state index in [0.717, 1.165) is 29.7 Å². The van der Waals surface area contributed by atoms with E-state index < -0.39 is 0 Å². The van der Waals surface area contributed by atoms with Crippen molar-refractivity contribution in [2.75, 3.05) is 11.4 Å². The van der Waals surface area contributed by atoms with Crippen molar-refractivity contribution in [3.63, 3.8) is 0 Å². The van der Waals surface area contributed by atoms with Gasteiger partial charge in [-0.2, -0.15) is 0 Å². The van der Waals surface area contributed by atoms with Crippen LogP contribution in [-0.2, 0) is 0 Å². The van der Waals surface area contributed by atoms with E-state index in [1.807, 2.05) is 18.3 Å². The van der Waals surface area contributed by atoms with Crippen molar-refractivity contribution in [1.82, 2.24) is 30.2 Å². The number of anilines is 1. The summed E-state index contributed by atoms with van der Waals surface area (Å²) in [6.45, 7) is 0.970. The molecule has 0 bridgehead atoms. The molecule has 0 saturated carbocycles. The van der Waals surface area contributed by atoms with Gasteiger partial charge in [0.2, 0.25) is 0 Å². The Hall–Kier alpha value is -2.09. The highest BCUT2D eigenvalue weighted by Crippen LogP contribution is 2.35. The van der Waals surface area contributed by atoms with Crippen LogP contribution in [0.15, 0.2) is 35.1 Å². The van der Waals surface area contributed by atoms with Gasteiger partial charge in [0.15, 0.2) is 11.5 Å². The zero-order valence-electron chi connectivity index (χ0n) is 11.1. The highest BCUT2D eigenvalue weighted by Gasteiger charge is 2.28. The van der Waals surface area contributed by atoms with Crippen LogP contribution < -0.4 is 4.90 Å². The Labute approximate surface area is 129 Å². The summed E-state index contributed by atoms with van der Waals surface area (Å²) in [5.74, 6) is 0.886. The number of hydrogen-bond donors (Lipinski definition) is 0. The Bertz CT molecular complexity index is 787. The lowest BCUT2D eigenvalue weighted by molar-refractivity contribution is 0.677. The lowest BCUT2D eigenvalue weighted by Crippen LogP contribution is -2.24. The molecule has 0 aliphatic carbocycles. The first kappa shape index (κ1) is 12.6. The molecule has 0 spiro atoms. The first-order valence-electron chi connectivity index (χ1n) is 6.74. The summed E-state index contributed by atoms with van der Waals surface area (Å²) in [7, 11) is 0. The van der Waals surface area contributed by atoms with Crippen molar-refractivity contribution in [1.29, 1.82) is 0 Å². The summed E-state index contributed by atoms with van der Waals surface area (Å²) in [5, 5.41) is 15.9. The number of pyridine rings is 1. The fourth-order valence-electron chi connectivity index (χ4n) is 2.79. The van der Waals surface area contributed by atoms with Crippen molar-refractivity contribution in [3.05, 3.63) is 40.6 Å². The van der Waals surface area contributed by atoms with Crippen LogP contribution in [0.4, 0.5) is 5.82 Å². The molecule has 0 radical (unpaired) electrons. The summed E-state index contributed by atoms with van der Waals surface area (Å²) >= 11 is 3.49. The molecule has 3 aromatic heterocycles. The van der Waals surface area contributed by atoms with Gasteiger partial charge in [-0.1, -0.05) is 0 Å². The van der Waals surface area contributed by atoms with Crippen LogP contribution >= 0.6 is 15.9 Å². The fourth-order valence-corrected chi connectivity index (χ4v) is 3.17. The van der Waals surface area contributed by atoms with Crippen LogP contribution in [0.5, 0.6) is 0 Å². The summed E-state index contributed by atoms with van der Waals surface area (Å²) in [5.41, 5.74) is 1.85. The van der Waals surface area contributed by atoms with Gasteiger partial charge in [0.1, 0.15) is 0 Å². The van der Waals surface area contributed by atoms with Crippen molar-refractivity contribution in [2.45, 2.75) is 18.9 Å². The monoisotopic (exact) mass is 345 g/mol. The molecule has 7 nitrogen and oxygen atoms in total. The third-order valence-corrected chi connectivity index (χ3v) is 4.15. The fraction of sp³-hybridized carbons (Fsp3) is 0.308. The second-order valence-corrected chi connectivity index (χ2v) is 5.92. The van der Waals surface area contributed by atoms with Crippen LogP contribution in [-0.4, -0.2) is 36.8 Å². The topological polar surface area (TPSA) is 72.1 Å². The van der Waals surface area contributed by atoms with Crippen LogP contribution in [0.3, 0.4) is 0 Å². The summed E-state index contributed by atoms with van der Waals surface area (Å²) < 4.78 is 2.46. The summed E-state index contributed by atoms with van der Waals surface area (Å²) in [6, 6.07) is 6.26. The quantitative estimate of drug-likeness (QED) is 0.707. The van der Waals surface area contributed by atoms with Gasteiger partial charge in [-0.3, -0.25) is 4.98 Å². The second-order valence-electron chi connectivity index (χ2n) is 5.01. The van der Waals surface area contributed by atoms with Gasteiger partial charge in [0.25, 0.3) is 0 Å².